The Labute approximate surface area is 317 Å². The Bertz CT molecular complexity index is 1630. The van der Waals surface area contributed by atoms with Crippen LogP contribution in [0, 0.1) is 0 Å². The maximum absolute atomic E-state index is 11.2. The highest BCUT2D eigenvalue weighted by Gasteiger charge is 2.14. The second kappa shape index (κ2) is 22.9. The van der Waals surface area contributed by atoms with Crippen molar-refractivity contribution in [2.24, 2.45) is 0 Å². The number of halogens is 1. The zero-order valence-corrected chi connectivity index (χ0v) is 33.2. The fourth-order valence-corrected chi connectivity index (χ4v) is 4.32. The Kier molecular flexibility index (Phi) is 19.9. The first-order valence-corrected chi connectivity index (χ1v) is 17.8. The van der Waals surface area contributed by atoms with Crippen molar-refractivity contribution in [3.05, 3.63) is 133 Å². The van der Waals surface area contributed by atoms with Crippen molar-refractivity contribution in [2.45, 2.75) is 73.1 Å². The molecule has 0 aromatic heterocycles. The normalized spacial score (nSPS) is 10.5. The fourth-order valence-electron chi connectivity index (χ4n) is 4.32. The first-order chi connectivity index (χ1) is 24.4. The average Bonchev–Trinajstić information content (AvgIpc) is 3.11. The van der Waals surface area contributed by atoms with Crippen LogP contribution in [0.2, 0.25) is 0 Å². The van der Waals surface area contributed by atoms with E-state index in [1.807, 2.05) is 60.7 Å². The molecule has 0 aliphatic rings. The van der Waals surface area contributed by atoms with Crippen LogP contribution in [0.5, 0.6) is 23.0 Å². The maximum Gasteiger partial charge on any atom is 0.247 e. The number of anilines is 2. The molecule has 0 spiro atoms. The number of nitrogens with zero attached hydrogens (tertiary/aromatic N) is 1. The molecule has 4 aromatic carbocycles. The third-order valence-corrected chi connectivity index (χ3v) is 7.76. The Hall–Kier alpha value is -4.85. The number of nitrogen functional groups attached to an aromatic ring is 1. The molecular weight excluding hydrogens is 670 g/mol. The summed E-state index contributed by atoms with van der Waals surface area (Å²) in [5.74, 6) is 2.92. The van der Waals surface area contributed by atoms with Gasteiger partial charge in [0.1, 0.15) is 23.0 Å². The summed E-state index contributed by atoms with van der Waals surface area (Å²) in [5, 5.41) is 2.18. The summed E-state index contributed by atoms with van der Waals surface area (Å²) < 4.78 is 11.5. The van der Waals surface area contributed by atoms with E-state index >= 15 is 0 Å². The molecule has 7 nitrogen and oxygen atoms in total. The topological polar surface area (TPSA) is 93.9 Å². The molecule has 0 radical (unpaired) electrons. The predicted octanol–water partition coefficient (Wildman–Crippen LogP) is 11.5. The summed E-state index contributed by atoms with van der Waals surface area (Å²) in [6, 6.07) is 30.9. The first kappa shape index (κ1) is 45.2. The van der Waals surface area contributed by atoms with Crippen LogP contribution < -0.4 is 20.5 Å². The van der Waals surface area contributed by atoms with Gasteiger partial charge >= 0.3 is 0 Å². The summed E-state index contributed by atoms with van der Waals surface area (Å²) in [7, 11) is 0. The van der Waals surface area contributed by atoms with E-state index in [-0.39, 0.29) is 16.7 Å². The van der Waals surface area contributed by atoms with Crippen molar-refractivity contribution in [1.29, 1.82) is 0 Å². The molecule has 8 heteroatoms. The quantitative estimate of drug-likeness (QED) is 0.0959. The molecule has 0 aliphatic carbocycles. The summed E-state index contributed by atoms with van der Waals surface area (Å²) in [6.45, 7) is 29.8. The van der Waals surface area contributed by atoms with Gasteiger partial charge in [0.25, 0.3) is 0 Å². The van der Waals surface area contributed by atoms with E-state index in [1.165, 1.54) is 36.8 Å². The van der Waals surface area contributed by atoms with Crippen LogP contribution in [0.15, 0.2) is 122 Å². The molecule has 1 amide bonds. The van der Waals surface area contributed by atoms with Gasteiger partial charge in [-0.05, 0) is 138 Å². The SMILES string of the molecule is C=CC(=O)Cl.C=CC(=O)Nc1ccc(Oc2ccc(C(C)(C)C)cc2)cc1.CC(C)(C)c1ccc(Oc2ccc(N)cc2)cc1.CCN(CC)CC. The lowest BCUT2D eigenvalue weighted by molar-refractivity contribution is -0.112. The van der Waals surface area contributed by atoms with Crippen molar-refractivity contribution in [3.63, 3.8) is 0 Å². The number of amides is 1. The number of hydrogen-bond acceptors (Lipinski definition) is 6. The van der Waals surface area contributed by atoms with Crippen LogP contribution in [0.1, 0.15) is 73.4 Å². The summed E-state index contributed by atoms with van der Waals surface area (Å²) >= 11 is 4.71. The van der Waals surface area contributed by atoms with Crippen molar-refractivity contribution in [2.75, 3.05) is 30.7 Å². The lowest BCUT2D eigenvalue weighted by atomic mass is 9.87. The third kappa shape index (κ3) is 18.4. The van der Waals surface area contributed by atoms with Gasteiger partial charge in [0.05, 0.1) is 0 Å². The molecule has 0 unspecified atom stereocenters. The molecule has 52 heavy (non-hydrogen) atoms. The predicted molar refractivity (Wildman–Crippen MR) is 221 cm³/mol. The third-order valence-electron chi connectivity index (χ3n) is 7.60. The number of ether oxygens (including phenoxy) is 2. The van der Waals surface area contributed by atoms with Crippen molar-refractivity contribution >= 4 is 34.1 Å². The van der Waals surface area contributed by atoms with E-state index in [0.29, 0.717) is 5.69 Å². The van der Waals surface area contributed by atoms with E-state index < -0.39 is 5.24 Å². The largest absolute Gasteiger partial charge is 0.457 e. The number of hydrogen-bond donors (Lipinski definition) is 2. The highest BCUT2D eigenvalue weighted by Crippen LogP contribution is 2.29. The number of carbonyl (C=O) groups is 2. The summed E-state index contributed by atoms with van der Waals surface area (Å²) in [6.07, 6.45) is 2.28. The number of carbonyl (C=O) groups excluding carboxylic acids is 2. The Morgan fingerprint density at radius 1 is 0.635 bits per heavy atom. The minimum Gasteiger partial charge on any atom is -0.457 e. The first-order valence-electron chi connectivity index (χ1n) is 17.5. The van der Waals surface area contributed by atoms with Crippen LogP contribution in [0.3, 0.4) is 0 Å². The lowest BCUT2D eigenvalue weighted by Crippen LogP contribution is -2.21. The monoisotopic (exact) mass is 727 g/mol. The number of benzene rings is 4. The second-order valence-electron chi connectivity index (χ2n) is 13.7. The van der Waals surface area contributed by atoms with Gasteiger partial charge in [-0.1, -0.05) is 99.7 Å². The molecule has 0 bridgehead atoms. The van der Waals surface area contributed by atoms with Gasteiger partial charge in [0.15, 0.2) is 0 Å². The molecular formula is C44H58ClN3O4. The zero-order valence-electron chi connectivity index (χ0n) is 32.5. The smallest absolute Gasteiger partial charge is 0.247 e. The Morgan fingerprint density at radius 3 is 1.19 bits per heavy atom. The second-order valence-corrected chi connectivity index (χ2v) is 14.0. The van der Waals surface area contributed by atoms with Gasteiger partial charge in [-0.2, -0.15) is 0 Å². The van der Waals surface area contributed by atoms with Gasteiger partial charge in [-0.15, -0.1) is 0 Å². The number of rotatable bonds is 10. The Morgan fingerprint density at radius 2 is 0.942 bits per heavy atom. The molecule has 4 rings (SSSR count). The molecule has 0 saturated carbocycles. The van der Waals surface area contributed by atoms with Gasteiger partial charge < -0.3 is 25.4 Å². The lowest BCUT2D eigenvalue weighted by Gasteiger charge is -2.19. The van der Waals surface area contributed by atoms with E-state index in [2.05, 4.69) is 110 Å². The van der Waals surface area contributed by atoms with Crippen molar-refractivity contribution < 1.29 is 19.1 Å². The molecule has 3 N–H and O–H groups in total. The van der Waals surface area contributed by atoms with Crippen LogP contribution >= 0.6 is 11.6 Å². The average molecular weight is 728 g/mol. The molecule has 0 saturated heterocycles. The minimum absolute atomic E-state index is 0.129. The summed E-state index contributed by atoms with van der Waals surface area (Å²) in [5.41, 5.74) is 9.94. The van der Waals surface area contributed by atoms with E-state index in [0.717, 1.165) is 34.8 Å². The van der Waals surface area contributed by atoms with Gasteiger partial charge in [0.2, 0.25) is 11.1 Å². The number of nitrogens with one attached hydrogen (secondary N) is 1. The Balaban J connectivity index is 0.000000401. The molecule has 0 fully saturated rings. The van der Waals surface area contributed by atoms with Gasteiger partial charge in [0, 0.05) is 11.4 Å². The number of nitrogens with two attached hydrogens (primary N) is 1. The van der Waals surface area contributed by atoms with Gasteiger partial charge in [-0.25, -0.2) is 0 Å². The van der Waals surface area contributed by atoms with Gasteiger partial charge in [-0.3, -0.25) is 9.59 Å². The van der Waals surface area contributed by atoms with Crippen LogP contribution in [-0.2, 0) is 20.4 Å². The molecule has 0 heterocycles. The zero-order chi connectivity index (χ0) is 39.3. The van der Waals surface area contributed by atoms with E-state index in [4.69, 9.17) is 26.8 Å². The molecule has 0 atom stereocenters. The van der Waals surface area contributed by atoms with Crippen LogP contribution in [0.25, 0.3) is 0 Å². The van der Waals surface area contributed by atoms with Crippen molar-refractivity contribution in [3.8, 4) is 23.0 Å². The van der Waals surface area contributed by atoms with Crippen LogP contribution in [0.4, 0.5) is 11.4 Å². The fraction of sp³-hybridized carbons (Fsp3) is 0.318. The molecule has 0 aliphatic heterocycles. The van der Waals surface area contributed by atoms with E-state index in [1.54, 1.807) is 12.1 Å². The molecule has 4 aromatic rings. The molecule has 280 valence electrons. The summed E-state index contributed by atoms with van der Waals surface area (Å²) in [4.78, 5) is 23.0. The van der Waals surface area contributed by atoms with Crippen molar-refractivity contribution in [1.82, 2.24) is 4.90 Å². The highest BCUT2D eigenvalue weighted by atomic mass is 35.5. The highest BCUT2D eigenvalue weighted by molar-refractivity contribution is 6.66. The minimum atomic E-state index is -0.509. The van der Waals surface area contributed by atoms with Crippen LogP contribution in [-0.4, -0.2) is 35.7 Å². The standard InChI is InChI=1S/C19H21NO2.C16H19NO.C6H15N.C3H3ClO/c1-5-18(21)20-15-8-12-17(13-9-15)22-16-10-6-14(7-11-16)19(2,3)4;1-16(2,3)12-4-8-14(9-5-12)18-15-10-6-13(17)7-11-15;1-4-7(5-2)6-3;1-2-3(4)5/h5-13H,1H2,2-4H3,(H,20,21);4-11H,17H2,1-3H3;4-6H2,1-3H3;2H,1H2. The van der Waals surface area contributed by atoms with E-state index in [9.17, 15) is 9.59 Å². The number of allylic oxidation sites excluding steroid dienone is 1. The maximum atomic E-state index is 11.2.